The first kappa shape index (κ1) is 17.9. The molecule has 2 atom stereocenters. The molecule has 1 amide bonds. The number of nitrogens with one attached hydrogen (secondary N) is 1. The van der Waals surface area contributed by atoms with E-state index in [-0.39, 0.29) is 30.8 Å². The summed E-state index contributed by atoms with van der Waals surface area (Å²) in [7, 11) is 1.50. The molecule has 0 aromatic heterocycles. The van der Waals surface area contributed by atoms with E-state index in [1.54, 1.807) is 6.92 Å². The third-order valence-corrected chi connectivity index (χ3v) is 3.17. The molecule has 112 valence electrons. The van der Waals surface area contributed by atoms with Crippen molar-refractivity contribution in [1.82, 2.24) is 5.32 Å². The molecule has 2 unspecified atom stereocenters. The molecule has 19 heavy (non-hydrogen) atoms. The Morgan fingerprint density at radius 1 is 1.37 bits per heavy atom. The van der Waals surface area contributed by atoms with Crippen LogP contribution in [0, 0.1) is 11.8 Å². The van der Waals surface area contributed by atoms with Crippen LogP contribution >= 0.6 is 0 Å². The second kappa shape index (κ2) is 8.15. The number of methoxy groups -OCH3 is 1. The van der Waals surface area contributed by atoms with Crippen molar-refractivity contribution < 1.29 is 19.4 Å². The number of ether oxygens (including phenoxy) is 1. The van der Waals surface area contributed by atoms with E-state index in [4.69, 9.17) is 9.84 Å². The molecule has 0 aromatic carbocycles. The summed E-state index contributed by atoms with van der Waals surface area (Å²) in [6.45, 7) is 7.93. The number of rotatable bonds is 9. The molecule has 0 saturated heterocycles. The number of carboxylic acid groups (broad SMARTS) is 1. The first-order valence-electron chi connectivity index (χ1n) is 6.78. The van der Waals surface area contributed by atoms with Crippen molar-refractivity contribution in [3.8, 4) is 0 Å². The number of hydrogen-bond donors (Lipinski definition) is 2. The van der Waals surface area contributed by atoms with Gasteiger partial charge in [-0.2, -0.15) is 0 Å². The smallest absolute Gasteiger partial charge is 0.305 e. The van der Waals surface area contributed by atoms with Crippen LogP contribution in [-0.4, -0.2) is 36.2 Å². The van der Waals surface area contributed by atoms with Gasteiger partial charge >= 0.3 is 5.97 Å². The third kappa shape index (κ3) is 6.57. The van der Waals surface area contributed by atoms with Gasteiger partial charge in [-0.1, -0.05) is 27.2 Å². The molecule has 2 N–H and O–H groups in total. The molecule has 0 radical (unpaired) electrons. The van der Waals surface area contributed by atoms with Crippen LogP contribution in [0.1, 0.15) is 47.0 Å². The zero-order valence-corrected chi connectivity index (χ0v) is 12.7. The summed E-state index contributed by atoms with van der Waals surface area (Å²) in [6.07, 6.45) is 1.58. The van der Waals surface area contributed by atoms with E-state index in [2.05, 4.69) is 5.32 Å². The fraction of sp³-hybridized carbons (Fsp3) is 0.857. The summed E-state index contributed by atoms with van der Waals surface area (Å²) < 4.78 is 5.03. The zero-order chi connectivity index (χ0) is 15.1. The summed E-state index contributed by atoms with van der Waals surface area (Å²) in [5, 5.41) is 11.8. The molecule has 5 heteroatoms. The average Bonchev–Trinajstić information content (AvgIpc) is 2.23. The van der Waals surface area contributed by atoms with Gasteiger partial charge in [0.15, 0.2) is 0 Å². The third-order valence-electron chi connectivity index (χ3n) is 3.17. The lowest BCUT2D eigenvalue weighted by molar-refractivity contribution is -0.140. The molecule has 0 aromatic rings. The Morgan fingerprint density at radius 2 is 1.95 bits per heavy atom. The number of hydrogen-bond acceptors (Lipinski definition) is 3. The van der Waals surface area contributed by atoms with Crippen LogP contribution in [0.4, 0.5) is 0 Å². The predicted molar refractivity (Wildman–Crippen MR) is 73.9 cm³/mol. The largest absolute Gasteiger partial charge is 0.481 e. The van der Waals surface area contributed by atoms with Crippen LogP contribution in [0.25, 0.3) is 0 Å². The molecule has 0 aliphatic rings. The van der Waals surface area contributed by atoms with Crippen molar-refractivity contribution in [3.63, 3.8) is 0 Å². The van der Waals surface area contributed by atoms with Gasteiger partial charge in [0, 0.05) is 13.0 Å². The van der Waals surface area contributed by atoms with Crippen LogP contribution in [0.15, 0.2) is 0 Å². The first-order chi connectivity index (χ1) is 8.75. The molecule has 0 rings (SSSR count). The minimum atomic E-state index is -0.948. The lowest BCUT2D eigenvalue weighted by atomic mass is 9.88. The number of carbonyl (C=O) groups excluding carboxylic acids is 1. The molecular formula is C14H27NO4. The predicted octanol–water partition coefficient (Wildman–Crippen LogP) is 2.05. The average molecular weight is 273 g/mol. The summed E-state index contributed by atoms with van der Waals surface area (Å²) in [5.74, 6) is -0.888. The topological polar surface area (TPSA) is 75.6 Å². The van der Waals surface area contributed by atoms with Crippen LogP contribution in [0.2, 0.25) is 0 Å². The van der Waals surface area contributed by atoms with E-state index in [1.807, 2.05) is 20.8 Å². The molecule has 0 fully saturated rings. The highest BCUT2D eigenvalue weighted by atomic mass is 16.5. The maximum absolute atomic E-state index is 12.3. The Kier molecular flexibility index (Phi) is 7.68. The van der Waals surface area contributed by atoms with Crippen LogP contribution in [-0.2, 0) is 14.3 Å². The number of aliphatic carboxylic acids is 1. The van der Waals surface area contributed by atoms with E-state index >= 15 is 0 Å². The normalized spacial score (nSPS) is 15.9. The lowest BCUT2D eigenvalue weighted by Gasteiger charge is -2.31. The lowest BCUT2D eigenvalue weighted by Crippen LogP contribution is -2.53. The van der Waals surface area contributed by atoms with Gasteiger partial charge in [-0.15, -0.1) is 0 Å². The van der Waals surface area contributed by atoms with Crippen LogP contribution in [0.5, 0.6) is 0 Å². The van der Waals surface area contributed by atoms with Crippen molar-refractivity contribution in [3.05, 3.63) is 0 Å². The highest BCUT2D eigenvalue weighted by Gasteiger charge is 2.32. The molecule has 0 heterocycles. The minimum absolute atomic E-state index is 0.0855. The fourth-order valence-corrected chi connectivity index (χ4v) is 2.25. The monoisotopic (exact) mass is 273 g/mol. The van der Waals surface area contributed by atoms with Gasteiger partial charge in [0.2, 0.25) is 5.91 Å². The van der Waals surface area contributed by atoms with Gasteiger partial charge in [0.05, 0.1) is 18.6 Å². The summed E-state index contributed by atoms with van der Waals surface area (Å²) in [4.78, 5) is 23.2. The van der Waals surface area contributed by atoms with Crippen molar-refractivity contribution >= 4 is 11.9 Å². The van der Waals surface area contributed by atoms with E-state index in [0.29, 0.717) is 0 Å². The Morgan fingerprint density at radius 3 is 2.32 bits per heavy atom. The van der Waals surface area contributed by atoms with Gasteiger partial charge in [0.1, 0.15) is 0 Å². The summed E-state index contributed by atoms with van der Waals surface area (Å²) in [6, 6.07) is 0. The van der Waals surface area contributed by atoms with E-state index in [0.717, 1.165) is 12.8 Å². The Bertz CT molecular complexity index is 304. The molecule has 0 aliphatic carbocycles. The Labute approximate surface area is 115 Å². The van der Waals surface area contributed by atoms with Gasteiger partial charge < -0.3 is 15.2 Å². The van der Waals surface area contributed by atoms with Crippen molar-refractivity contribution in [2.75, 3.05) is 13.7 Å². The van der Waals surface area contributed by atoms with Crippen molar-refractivity contribution in [1.29, 1.82) is 0 Å². The maximum atomic E-state index is 12.3. The molecule has 0 saturated carbocycles. The van der Waals surface area contributed by atoms with Crippen molar-refractivity contribution in [2.24, 2.45) is 11.8 Å². The van der Waals surface area contributed by atoms with Gasteiger partial charge in [-0.25, -0.2) is 0 Å². The Balaban J connectivity index is 4.81. The quantitative estimate of drug-likeness (QED) is 0.674. The molecule has 5 nitrogen and oxygen atoms in total. The highest BCUT2D eigenvalue weighted by Crippen LogP contribution is 2.20. The van der Waals surface area contributed by atoms with E-state index in [9.17, 15) is 9.59 Å². The van der Waals surface area contributed by atoms with Crippen LogP contribution < -0.4 is 5.32 Å². The molecular weight excluding hydrogens is 246 g/mol. The second-order valence-corrected chi connectivity index (χ2v) is 5.69. The first-order valence-corrected chi connectivity index (χ1v) is 6.78. The van der Waals surface area contributed by atoms with E-state index in [1.165, 1.54) is 7.11 Å². The standard InChI is InChI=1S/C14H27NO4/c1-6-7-11(10(2)3)13(18)15-14(4,9-19-5)8-12(16)17/h10-11H,6-9H2,1-5H3,(H,15,18)(H,16,17). The van der Waals surface area contributed by atoms with Crippen LogP contribution in [0.3, 0.4) is 0 Å². The SMILES string of the molecule is CCCC(C(=O)NC(C)(COC)CC(=O)O)C(C)C. The molecule has 0 aliphatic heterocycles. The number of amides is 1. The van der Waals surface area contributed by atoms with Gasteiger partial charge in [-0.05, 0) is 19.3 Å². The molecule has 0 spiro atoms. The second-order valence-electron chi connectivity index (χ2n) is 5.69. The minimum Gasteiger partial charge on any atom is -0.481 e. The number of carboxylic acids is 1. The number of carbonyl (C=O) groups is 2. The van der Waals surface area contributed by atoms with Gasteiger partial charge in [-0.3, -0.25) is 9.59 Å². The summed E-state index contributed by atoms with van der Waals surface area (Å²) in [5.41, 5.74) is -0.863. The maximum Gasteiger partial charge on any atom is 0.305 e. The molecule has 0 bridgehead atoms. The van der Waals surface area contributed by atoms with E-state index < -0.39 is 11.5 Å². The van der Waals surface area contributed by atoms with Gasteiger partial charge in [0.25, 0.3) is 0 Å². The highest BCUT2D eigenvalue weighted by molar-refractivity contribution is 5.80. The zero-order valence-electron chi connectivity index (χ0n) is 12.7. The Hall–Kier alpha value is -1.10. The summed E-state index contributed by atoms with van der Waals surface area (Å²) >= 11 is 0. The van der Waals surface area contributed by atoms with Crippen molar-refractivity contribution in [2.45, 2.75) is 52.5 Å². The fourth-order valence-electron chi connectivity index (χ4n) is 2.25.